The first-order chi connectivity index (χ1) is 11.6. The summed E-state index contributed by atoms with van der Waals surface area (Å²) in [6.45, 7) is 2.53. The second kappa shape index (κ2) is 8.59. The number of rotatable bonds is 6. The zero-order valence-electron chi connectivity index (χ0n) is 12.9. The molecule has 0 spiro atoms. The molecule has 0 saturated carbocycles. The minimum atomic E-state index is -0.455. The predicted molar refractivity (Wildman–Crippen MR) is 97.7 cm³/mol. The molecule has 0 aliphatic carbocycles. The summed E-state index contributed by atoms with van der Waals surface area (Å²) in [5, 5.41) is 17.9. The molecule has 8 heteroatoms. The molecular formula is C16H16N4O3S. The third-order valence-electron chi connectivity index (χ3n) is 2.88. The van der Waals surface area contributed by atoms with E-state index in [9.17, 15) is 10.1 Å². The Labute approximate surface area is 144 Å². The molecule has 0 aromatic heterocycles. The van der Waals surface area contributed by atoms with Crippen molar-refractivity contribution in [2.45, 2.75) is 6.92 Å². The molecule has 0 bridgehead atoms. The van der Waals surface area contributed by atoms with Gasteiger partial charge in [-0.05, 0) is 43.4 Å². The summed E-state index contributed by atoms with van der Waals surface area (Å²) < 4.78 is 5.36. The van der Waals surface area contributed by atoms with Crippen LogP contribution in [0, 0.1) is 10.1 Å². The number of nitro groups is 1. The lowest BCUT2D eigenvalue weighted by Gasteiger charge is -2.08. The Hall–Kier alpha value is -3.00. The van der Waals surface area contributed by atoms with Crippen molar-refractivity contribution in [1.82, 2.24) is 5.43 Å². The summed E-state index contributed by atoms with van der Waals surface area (Å²) in [4.78, 5) is 10.3. The normalized spacial score (nSPS) is 10.4. The highest BCUT2D eigenvalue weighted by Gasteiger charge is 2.04. The number of nitrogens with zero attached hydrogens (tertiary/aromatic N) is 2. The first-order valence-electron chi connectivity index (χ1n) is 7.16. The van der Waals surface area contributed by atoms with E-state index in [4.69, 9.17) is 17.0 Å². The van der Waals surface area contributed by atoms with Crippen LogP contribution in [0.15, 0.2) is 53.6 Å². The SMILES string of the molecule is CCOc1ccc(NC(=S)N/N=C\c2cccc([N+](=O)[O-])c2)cc1. The van der Waals surface area contributed by atoms with Gasteiger partial charge in [-0.3, -0.25) is 15.5 Å². The van der Waals surface area contributed by atoms with Crippen LogP contribution in [0.1, 0.15) is 12.5 Å². The van der Waals surface area contributed by atoms with E-state index >= 15 is 0 Å². The Morgan fingerprint density at radius 2 is 2.08 bits per heavy atom. The third-order valence-corrected chi connectivity index (χ3v) is 3.08. The second-order valence-electron chi connectivity index (χ2n) is 4.63. The zero-order chi connectivity index (χ0) is 17.4. The first-order valence-corrected chi connectivity index (χ1v) is 7.56. The Morgan fingerprint density at radius 1 is 1.33 bits per heavy atom. The average Bonchev–Trinajstić information content (AvgIpc) is 2.57. The molecule has 7 nitrogen and oxygen atoms in total. The zero-order valence-corrected chi connectivity index (χ0v) is 13.7. The number of nitrogens with one attached hydrogen (secondary N) is 2. The molecule has 2 rings (SSSR count). The van der Waals surface area contributed by atoms with E-state index in [1.165, 1.54) is 18.3 Å². The van der Waals surface area contributed by atoms with Gasteiger partial charge in [0.05, 0.1) is 17.7 Å². The highest BCUT2D eigenvalue weighted by molar-refractivity contribution is 7.80. The van der Waals surface area contributed by atoms with Crippen LogP contribution < -0.4 is 15.5 Å². The molecule has 24 heavy (non-hydrogen) atoms. The number of thiocarbonyl (C=S) groups is 1. The summed E-state index contributed by atoms with van der Waals surface area (Å²) in [7, 11) is 0. The van der Waals surface area contributed by atoms with Crippen LogP contribution in [0.2, 0.25) is 0 Å². The van der Waals surface area contributed by atoms with E-state index < -0.39 is 4.92 Å². The summed E-state index contributed by atoms with van der Waals surface area (Å²) in [6.07, 6.45) is 1.46. The number of non-ortho nitro benzene ring substituents is 1. The van der Waals surface area contributed by atoms with Crippen LogP contribution in [-0.2, 0) is 0 Å². The largest absolute Gasteiger partial charge is 0.494 e. The van der Waals surface area contributed by atoms with Gasteiger partial charge in [0.15, 0.2) is 5.11 Å². The monoisotopic (exact) mass is 344 g/mol. The number of benzene rings is 2. The number of hydrogen-bond acceptors (Lipinski definition) is 5. The fourth-order valence-corrected chi connectivity index (χ4v) is 2.01. The molecule has 0 saturated heterocycles. The van der Waals surface area contributed by atoms with Crippen LogP contribution >= 0.6 is 12.2 Å². The van der Waals surface area contributed by atoms with Crippen molar-refractivity contribution in [3.63, 3.8) is 0 Å². The minimum Gasteiger partial charge on any atom is -0.494 e. The van der Waals surface area contributed by atoms with Gasteiger partial charge in [0, 0.05) is 23.4 Å². The van der Waals surface area contributed by atoms with Crippen molar-refractivity contribution in [2.75, 3.05) is 11.9 Å². The van der Waals surface area contributed by atoms with E-state index in [0.29, 0.717) is 17.3 Å². The number of hydrazone groups is 1. The molecule has 0 atom stereocenters. The fourth-order valence-electron chi connectivity index (χ4n) is 1.84. The fraction of sp³-hybridized carbons (Fsp3) is 0.125. The van der Waals surface area contributed by atoms with Gasteiger partial charge >= 0.3 is 0 Å². The smallest absolute Gasteiger partial charge is 0.270 e. The maximum absolute atomic E-state index is 10.7. The van der Waals surface area contributed by atoms with Gasteiger partial charge in [-0.15, -0.1) is 0 Å². The van der Waals surface area contributed by atoms with E-state index in [0.717, 1.165) is 11.4 Å². The van der Waals surface area contributed by atoms with E-state index in [1.807, 2.05) is 31.2 Å². The molecule has 124 valence electrons. The molecule has 0 aliphatic heterocycles. The van der Waals surface area contributed by atoms with E-state index in [2.05, 4.69) is 15.8 Å². The molecule has 2 aromatic rings. The van der Waals surface area contributed by atoms with Gasteiger partial charge in [0.2, 0.25) is 0 Å². The number of anilines is 1. The lowest BCUT2D eigenvalue weighted by atomic mass is 10.2. The predicted octanol–water partition coefficient (Wildman–Crippen LogP) is 3.31. The highest BCUT2D eigenvalue weighted by atomic mass is 32.1. The van der Waals surface area contributed by atoms with Crippen molar-refractivity contribution in [2.24, 2.45) is 5.10 Å². The molecule has 0 radical (unpaired) electrons. The molecule has 0 heterocycles. The molecule has 0 aliphatic rings. The van der Waals surface area contributed by atoms with Crippen LogP contribution in [0.25, 0.3) is 0 Å². The highest BCUT2D eigenvalue weighted by Crippen LogP contribution is 2.15. The average molecular weight is 344 g/mol. The van der Waals surface area contributed by atoms with Gasteiger partial charge in [-0.1, -0.05) is 12.1 Å². The quantitative estimate of drug-likeness (QED) is 0.362. The van der Waals surface area contributed by atoms with Gasteiger partial charge in [-0.2, -0.15) is 5.10 Å². The number of ether oxygens (including phenoxy) is 1. The first kappa shape index (κ1) is 17.4. The number of nitro benzene ring substituents is 1. The standard InChI is InChI=1S/C16H16N4O3S/c1-2-23-15-8-6-13(7-9-15)18-16(24)19-17-11-12-4-3-5-14(10-12)20(21)22/h3-11H,2H2,1H3,(H2,18,19,24)/b17-11-. The maximum atomic E-state index is 10.7. The van der Waals surface area contributed by atoms with Crippen molar-refractivity contribution in [1.29, 1.82) is 0 Å². The second-order valence-corrected chi connectivity index (χ2v) is 5.04. The molecule has 0 amide bonds. The lowest BCUT2D eigenvalue weighted by molar-refractivity contribution is -0.384. The molecule has 0 fully saturated rings. The molecule has 0 unspecified atom stereocenters. The van der Waals surface area contributed by atoms with Crippen LogP contribution in [0.5, 0.6) is 5.75 Å². The Bertz CT molecular complexity index is 747. The molecule has 2 aromatic carbocycles. The maximum Gasteiger partial charge on any atom is 0.270 e. The van der Waals surface area contributed by atoms with Gasteiger partial charge < -0.3 is 10.1 Å². The number of hydrogen-bond donors (Lipinski definition) is 2. The summed E-state index contributed by atoms with van der Waals surface area (Å²) in [5.74, 6) is 0.783. The third kappa shape index (κ3) is 5.33. The Morgan fingerprint density at radius 3 is 2.75 bits per heavy atom. The Kier molecular flexibility index (Phi) is 6.21. The van der Waals surface area contributed by atoms with Crippen molar-refractivity contribution < 1.29 is 9.66 Å². The van der Waals surface area contributed by atoms with Crippen LogP contribution in [0.4, 0.5) is 11.4 Å². The molecular weight excluding hydrogens is 328 g/mol. The summed E-state index contributed by atoms with van der Waals surface area (Å²) in [6, 6.07) is 13.5. The summed E-state index contributed by atoms with van der Waals surface area (Å²) >= 11 is 5.13. The Balaban J connectivity index is 1.88. The summed E-state index contributed by atoms with van der Waals surface area (Å²) in [5.41, 5.74) is 4.06. The van der Waals surface area contributed by atoms with Gasteiger partial charge in [0.1, 0.15) is 5.75 Å². The van der Waals surface area contributed by atoms with Crippen LogP contribution in [-0.4, -0.2) is 22.9 Å². The van der Waals surface area contributed by atoms with Gasteiger partial charge in [-0.25, -0.2) is 0 Å². The lowest BCUT2D eigenvalue weighted by Crippen LogP contribution is -2.23. The van der Waals surface area contributed by atoms with Gasteiger partial charge in [0.25, 0.3) is 5.69 Å². The van der Waals surface area contributed by atoms with Crippen molar-refractivity contribution in [3.05, 3.63) is 64.2 Å². The van der Waals surface area contributed by atoms with Crippen molar-refractivity contribution >= 4 is 34.9 Å². The molecule has 2 N–H and O–H groups in total. The van der Waals surface area contributed by atoms with E-state index in [1.54, 1.807) is 12.1 Å². The topological polar surface area (TPSA) is 88.8 Å². The van der Waals surface area contributed by atoms with Crippen LogP contribution in [0.3, 0.4) is 0 Å². The van der Waals surface area contributed by atoms with Crippen molar-refractivity contribution in [3.8, 4) is 5.75 Å². The van der Waals surface area contributed by atoms with E-state index in [-0.39, 0.29) is 5.69 Å². The minimum absolute atomic E-state index is 0.00837.